The maximum Gasteiger partial charge on any atom is 0.236 e. The number of anilines is 1. The molecular formula is C8H11IN2O2. The molecule has 1 heterocycles. The lowest BCUT2D eigenvalue weighted by molar-refractivity contribution is -0.113. The predicted octanol–water partition coefficient (Wildman–Crippen LogP) is 2.17. The van der Waals surface area contributed by atoms with Crippen LogP contribution in [0, 0.1) is 0 Å². The highest BCUT2D eigenvalue weighted by Crippen LogP contribution is 2.17. The molecule has 0 saturated heterocycles. The van der Waals surface area contributed by atoms with Gasteiger partial charge in [-0.15, -0.1) is 0 Å². The molecule has 0 aromatic carbocycles. The Bertz CT molecular complexity index is 296. The molecule has 1 aromatic heterocycles. The molecule has 0 aliphatic carbocycles. The highest BCUT2D eigenvalue weighted by Gasteiger charge is 2.08. The third-order valence-electron chi connectivity index (χ3n) is 1.50. The van der Waals surface area contributed by atoms with Crippen LogP contribution in [-0.4, -0.2) is 15.5 Å². The number of nitrogens with one attached hydrogen (secondary N) is 1. The van der Waals surface area contributed by atoms with Crippen molar-refractivity contribution < 1.29 is 9.32 Å². The van der Waals surface area contributed by atoms with Gasteiger partial charge < -0.3 is 4.52 Å². The van der Waals surface area contributed by atoms with E-state index in [-0.39, 0.29) is 5.91 Å². The van der Waals surface area contributed by atoms with Crippen LogP contribution >= 0.6 is 22.6 Å². The van der Waals surface area contributed by atoms with Gasteiger partial charge in [0.15, 0.2) is 0 Å². The maximum atomic E-state index is 11.0. The number of halogens is 1. The molecule has 4 nitrogen and oxygen atoms in total. The van der Waals surface area contributed by atoms with E-state index in [4.69, 9.17) is 4.52 Å². The van der Waals surface area contributed by atoms with E-state index >= 15 is 0 Å². The molecule has 0 unspecified atom stereocenters. The van der Waals surface area contributed by atoms with Crippen LogP contribution in [0.4, 0.5) is 5.88 Å². The number of alkyl halides is 1. The largest absolute Gasteiger partial charge is 0.338 e. The Balaban J connectivity index is 2.64. The third kappa shape index (κ3) is 2.98. The average Bonchev–Trinajstić information content (AvgIpc) is 2.52. The summed E-state index contributed by atoms with van der Waals surface area (Å²) in [5, 5.41) is 6.40. The summed E-state index contributed by atoms with van der Waals surface area (Å²) in [5.41, 5.74) is 0.851. The lowest BCUT2D eigenvalue weighted by atomic mass is 10.1. The van der Waals surface area contributed by atoms with Crippen molar-refractivity contribution >= 4 is 34.4 Å². The van der Waals surface area contributed by atoms with Crippen molar-refractivity contribution in [3.8, 4) is 0 Å². The van der Waals surface area contributed by atoms with Crippen LogP contribution in [0.2, 0.25) is 0 Å². The van der Waals surface area contributed by atoms with Gasteiger partial charge in [-0.1, -0.05) is 41.6 Å². The van der Waals surface area contributed by atoms with E-state index in [0.29, 0.717) is 16.2 Å². The summed E-state index contributed by atoms with van der Waals surface area (Å²) in [6.07, 6.45) is 0. The highest BCUT2D eigenvalue weighted by molar-refractivity contribution is 14.1. The SMILES string of the molecule is CC(C)c1cc(NC(=O)CI)on1. The molecule has 1 aromatic rings. The summed E-state index contributed by atoms with van der Waals surface area (Å²) in [4.78, 5) is 11.0. The summed E-state index contributed by atoms with van der Waals surface area (Å²) in [5.74, 6) is 0.659. The van der Waals surface area contributed by atoms with Crippen LogP contribution in [-0.2, 0) is 4.79 Å². The van der Waals surface area contributed by atoms with Crippen molar-refractivity contribution in [2.45, 2.75) is 19.8 Å². The quantitative estimate of drug-likeness (QED) is 0.686. The van der Waals surface area contributed by atoms with Crippen molar-refractivity contribution in [3.05, 3.63) is 11.8 Å². The van der Waals surface area contributed by atoms with Crippen molar-refractivity contribution in [2.24, 2.45) is 0 Å². The molecule has 1 rings (SSSR count). The fraction of sp³-hybridized carbons (Fsp3) is 0.500. The molecule has 1 N–H and O–H groups in total. The molecular weight excluding hydrogens is 283 g/mol. The van der Waals surface area contributed by atoms with Crippen LogP contribution in [0.1, 0.15) is 25.5 Å². The smallest absolute Gasteiger partial charge is 0.236 e. The lowest BCUT2D eigenvalue weighted by Gasteiger charge is -1.95. The zero-order valence-corrected chi connectivity index (χ0v) is 9.66. The average molecular weight is 294 g/mol. The van der Waals surface area contributed by atoms with E-state index in [9.17, 15) is 4.79 Å². The summed E-state index contributed by atoms with van der Waals surface area (Å²) in [7, 11) is 0. The molecule has 5 heteroatoms. The number of rotatable bonds is 3. The Morgan fingerprint density at radius 2 is 2.46 bits per heavy atom. The first-order chi connectivity index (χ1) is 6.13. The molecule has 1 amide bonds. The van der Waals surface area contributed by atoms with Crippen molar-refractivity contribution in [1.29, 1.82) is 0 Å². The van der Waals surface area contributed by atoms with Gasteiger partial charge in [-0.3, -0.25) is 10.1 Å². The van der Waals surface area contributed by atoms with E-state index in [1.165, 1.54) is 0 Å². The number of aromatic nitrogens is 1. The summed E-state index contributed by atoms with van der Waals surface area (Å²) in [6.45, 7) is 4.03. The second-order valence-corrected chi connectivity index (χ2v) is 3.72. The number of nitrogens with zero attached hydrogens (tertiary/aromatic N) is 1. The molecule has 0 radical (unpaired) electrons. The van der Waals surface area contributed by atoms with E-state index in [1.807, 2.05) is 36.4 Å². The number of carbonyl (C=O) groups is 1. The fourth-order valence-corrected chi connectivity index (χ4v) is 0.981. The van der Waals surface area contributed by atoms with Gasteiger partial charge in [0.05, 0.1) is 10.1 Å². The topological polar surface area (TPSA) is 55.1 Å². The van der Waals surface area contributed by atoms with Gasteiger partial charge >= 0.3 is 0 Å². The molecule has 0 bridgehead atoms. The van der Waals surface area contributed by atoms with Gasteiger partial charge in [0.25, 0.3) is 0 Å². The predicted molar refractivity (Wildman–Crippen MR) is 58.1 cm³/mol. The minimum Gasteiger partial charge on any atom is -0.338 e. The zero-order chi connectivity index (χ0) is 9.84. The molecule has 72 valence electrons. The molecule has 0 atom stereocenters. The second kappa shape index (κ2) is 4.59. The zero-order valence-electron chi connectivity index (χ0n) is 7.50. The monoisotopic (exact) mass is 294 g/mol. The van der Waals surface area contributed by atoms with E-state index in [1.54, 1.807) is 6.07 Å². The first kappa shape index (κ1) is 10.5. The van der Waals surface area contributed by atoms with Crippen molar-refractivity contribution in [3.63, 3.8) is 0 Å². The van der Waals surface area contributed by atoms with E-state index in [0.717, 1.165) is 5.69 Å². The van der Waals surface area contributed by atoms with Crippen LogP contribution in [0.25, 0.3) is 0 Å². The molecule has 0 saturated carbocycles. The lowest BCUT2D eigenvalue weighted by Crippen LogP contribution is -2.11. The standard InChI is InChI=1S/C8H11IN2O2/c1-5(2)6-3-8(13-11-6)10-7(12)4-9/h3,5H,4H2,1-2H3,(H,10,12). The van der Waals surface area contributed by atoms with Crippen molar-refractivity contribution in [1.82, 2.24) is 5.16 Å². The Morgan fingerprint density at radius 1 is 1.77 bits per heavy atom. The Hall–Kier alpha value is -0.590. The van der Waals surface area contributed by atoms with Gasteiger partial charge in [0, 0.05) is 6.07 Å². The minimum atomic E-state index is -0.0768. The molecule has 0 fully saturated rings. The van der Waals surface area contributed by atoms with E-state index < -0.39 is 0 Å². The molecule has 0 aliphatic rings. The van der Waals surface area contributed by atoms with Gasteiger partial charge in [-0.05, 0) is 5.92 Å². The number of amides is 1. The van der Waals surface area contributed by atoms with Crippen LogP contribution in [0.3, 0.4) is 0 Å². The Morgan fingerprint density at radius 3 is 2.92 bits per heavy atom. The number of hydrogen-bond donors (Lipinski definition) is 1. The normalized spacial score (nSPS) is 10.5. The maximum absolute atomic E-state index is 11.0. The van der Waals surface area contributed by atoms with Crippen LogP contribution in [0.5, 0.6) is 0 Å². The van der Waals surface area contributed by atoms with E-state index in [2.05, 4.69) is 10.5 Å². The fourth-order valence-electron chi connectivity index (χ4n) is 0.791. The molecule has 0 spiro atoms. The first-order valence-corrected chi connectivity index (χ1v) is 5.48. The molecule has 0 aliphatic heterocycles. The number of carbonyl (C=O) groups excluding carboxylic acids is 1. The minimum absolute atomic E-state index is 0.0768. The van der Waals surface area contributed by atoms with Crippen LogP contribution in [0.15, 0.2) is 10.6 Å². The van der Waals surface area contributed by atoms with Gasteiger partial charge in [-0.2, -0.15) is 0 Å². The Labute approximate surface area is 90.2 Å². The van der Waals surface area contributed by atoms with Crippen molar-refractivity contribution in [2.75, 3.05) is 9.74 Å². The Kier molecular flexibility index (Phi) is 3.71. The third-order valence-corrected chi connectivity index (χ3v) is 2.20. The van der Waals surface area contributed by atoms with Gasteiger partial charge in [-0.25, -0.2) is 0 Å². The summed E-state index contributed by atoms with van der Waals surface area (Å²) < 4.78 is 5.33. The molecule has 13 heavy (non-hydrogen) atoms. The van der Waals surface area contributed by atoms with Crippen LogP contribution < -0.4 is 5.32 Å². The highest BCUT2D eigenvalue weighted by atomic mass is 127. The first-order valence-electron chi connectivity index (χ1n) is 3.96. The van der Waals surface area contributed by atoms with Gasteiger partial charge in [0.2, 0.25) is 11.8 Å². The van der Waals surface area contributed by atoms with Gasteiger partial charge in [0.1, 0.15) is 0 Å². The summed E-state index contributed by atoms with van der Waals surface area (Å²) in [6, 6.07) is 1.74. The number of hydrogen-bond acceptors (Lipinski definition) is 3. The summed E-state index contributed by atoms with van der Waals surface area (Å²) >= 11 is 1.99. The second-order valence-electron chi connectivity index (χ2n) is 2.95.